The summed E-state index contributed by atoms with van der Waals surface area (Å²) in [7, 11) is 0. The molecule has 0 aromatic carbocycles. The minimum absolute atomic E-state index is 0.118. The van der Waals surface area contributed by atoms with E-state index in [9.17, 15) is 4.79 Å². The van der Waals surface area contributed by atoms with Crippen molar-refractivity contribution in [1.82, 2.24) is 9.55 Å². The Morgan fingerprint density at radius 2 is 2.35 bits per heavy atom. The van der Waals surface area contributed by atoms with Crippen molar-refractivity contribution in [3.63, 3.8) is 0 Å². The predicted molar refractivity (Wildman–Crippen MR) is 96.3 cm³/mol. The van der Waals surface area contributed by atoms with Gasteiger partial charge in [-0.2, -0.15) is 5.26 Å². The van der Waals surface area contributed by atoms with Gasteiger partial charge in [0.05, 0.1) is 11.5 Å². The number of unbranched alkanes of at least 4 members (excludes halogenated alkanes) is 1. The van der Waals surface area contributed by atoms with E-state index in [1.807, 2.05) is 6.92 Å². The quantitative estimate of drug-likeness (QED) is 0.466. The maximum atomic E-state index is 12.9. The summed E-state index contributed by atoms with van der Waals surface area (Å²) in [5.74, 6) is 1.52. The fourth-order valence-corrected chi connectivity index (χ4v) is 5.53. The summed E-state index contributed by atoms with van der Waals surface area (Å²) >= 11 is 3.30. The first-order valence-corrected chi connectivity index (χ1v) is 10.0. The first-order chi connectivity index (χ1) is 11.2. The van der Waals surface area contributed by atoms with Crippen molar-refractivity contribution in [3.05, 3.63) is 20.8 Å². The Labute approximate surface area is 144 Å². The van der Waals surface area contributed by atoms with Crippen molar-refractivity contribution < 1.29 is 0 Å². The van der Waals surface area contributed by atoms with Gasteiger partial charge in [0.2, 0.25) is 0 Å². The van der Waals surface area contributed by atoms with Gasteiger partial charge in [0.15, 0.2) is 5.16 Å². The molecule has 0 aliphatic heterocycles. The fraction of sp³-hybridized carbons (Fsp3) is 0.588. The molecule has 122 valence electrons. The lowest BCUT2D eigenvalue weighted by Crippen LogP contribution is -2.23. The van der Waals surface area contributed by atoms with Crippen LogP contribution in [0.25, 0.3) is 10.2 Å². The van der Waals surface area contributed by atoms with E-state index < -0.39 is 0 Å². The van der Waals surface area contributed by atoms with Crippen LogP contribution in [0, 0.1) is 17.2 Å². The van der Waals surface area contributed by atoms with E-state index in [2.05, 4.69) is 13.0 Å². The lowest BCUT2D eigenvalue weighted by Gasteiger charge is -2.17. The molecule has 2 aromatic heterocycles. The van der Waals surface area contributed by atoms with Crippen LogP contribution in [0.2, 0.25) is 0 Å². The standard InChI is InChI=1S/C17H21N3OS2/c1-3-20-16(21)14-12-7-6-11(2)10-13(12)23-15(14)19-17(20)22-9-5-4-8-18/h11H,3-7,9-10H2,1-2H3/t11-/m1/s1. The molecule has 0 fully saturated rings. The van der Waals surface area contributed by atoms with Gasteiger partial charge < -0.3 is 0 Å². The Morgan fingerprint density at radius 3 is 3.09 bits per heavy atom. The van der Waals surface area contributed by atoms with Crippen LogP contribution < -0.4 is 5.56 Å². The average Bonchev–Trinajstić information content (AvgIpc) is 2.89. The van der Waals surface area contributed by atoms with Gasteiger partial charge in [-0.15, -0.1) is 11.3 Å². The van der Waals surface area contributed by atoms with Gasteiger partial charge in [-0.1, -0.05) is 18.7 Å². The van der Waals surface area contributed by atoms with E-state index >= 15 is 0 Å². The first-order valence-electron chi connectivity index (χ1n) is 8.20. The van der Waals surface area contributed by atoms with Gasteiger partial charge in [-0.3, -0.25) is 9.36 Å². The smallest absolute Gasteiger partial charge is 0.263 e. The van der Waals surface area contributed by atoms with E-state index in [0.717, 1.165) is 46.8 Å². The van der Waals surface area contributed by atoms with Crippen molar-refractivity contribution in [2.45, 2.75) is 57.7 Å². The highest BCUT2D eigenvalue weighted by Gasteiger charge is 2.24. The number of thiophene rings is 1. The number of nitriles is 1. The van der Waals surface area contributed by atoms with Gasteiger partial charge >= 0.3 is 0 Å². The maximum Gasteiger partial charge on any atom is 0.263 e. The summed E-state index contributed by atoms with van der Waals surface area (Å²) < 4.78 is 1.80. The molecule has 1 aliphatic rings. The SMILES string of the molecule is CCn1c(SCCCC#N)nc2sc3c(c2c1=O)CC[C@@H](C)C3. The summed E-state index contributed by atoms with van der Waals surface area (Å²) in [6.07, 6.45) is 4.63. The lowest BCUT2D eigenvalue weighted by atomic mass is 9.89. The van der Waals surface area contributed by atoms with Crippen molar-refractivity contribution in [2.75, 3.05) is 5.75 Å². The Hall–Kier alpha value is -1.32. The zero-order valence-corrected chi connectivity index (χ0v) is 15.2. The Kier molecular flexibility index (Phi) is 5.08. The summed E-state index contributed by atoms with van der Waals surface area (Å²) in [5.41, 5.74) is 1.37. The molecule has 1 atom stereocenters. The maximum absolute atomic E-state index is 12.9. The molecular weight excluding hydrogens is 326 g/mol. The fourth-order valence-electron chi connectivity index (χ4n) is 3.11. The molecule has 0 bridgehead atoms. The van der Waals surface area contributed by atoms with Gasteiger partial charge in [-0.05, 0) is 44.1 Å². The van der Waals surface area contributed by atoms with Gasteiger partial charge in [-0.25, -0.2) is 4.98 Å². The Balaban J connectivity index is 2.02. The number of nitrogens with zero attached hydrogens (tertiary/aromatic N) is 3. The molecule has 0 amide bonds. The molecule has 2 aromatic rings. The van der Waals surface area contributed by atoms with E-state index in [-0.39, 0.29) is 5.56 Å². The predicted octanol–water partition coefficient (Wildman–Crippen LogP) is 4.00. The lowest BCUT2D eigenvalue weighted by molar-refractivity contribution is 0.509. The third-order valence-electron chi connectivity index (χ3n) is 4.36. The van der Waals surface area contributed by atoms with Crippen molar-refractivity contribution >= 4 is 33.3 Å². The molecular formula is C17H21N3OS2. The number of aromatic nitrogens is 2. The van der Waals surface area contributed by atoms with Crippen LogP contribution in [-0.2, 0) is 19.4 Å². The molecule has 4 nitrogen and oxygen atoms in total. The Bertz CT molecular complexity index is 816. The summed E-state index contributed by atoms with van der Waals surface area (Å²) in [4.78, 5) is 20.0. The Morgan fingerprint density at radius 1 is 1.52 bits per heavy atom. The third-order valence-corrected chi connectivity index (χ3v) is 6.57. The average molecular weight is 348 g/mol. The van der Waals surface area contributed by atoms with Gasteiger partial charge in [0, 0.05) is 23.6 Å². The molecule has 0 radical (unpaired) electrons. The molecule has 0 N–H and O–H groups in total. The highest BCUT2D eigenvalue weighted by Crippen LogP contribution is 2.36. The number of fused-ring (bicyclic) bond motifs is 3. The molecule has 23 heavy (non-hydrogen) atoms. The van der Waals surface area contributed by atoms with Crippen LogP contribution >= 0.6 is 23.1 Å². The number of hydrogen-bond donors (Lipinski definition) is 0. The molecule has 0 spiro atoms. The largest absolute Gasteiger partial charge is 0.287 e. The zero-order chi connectivity index (χ0) is 16.4. The minimum Gasteiger partial charge on any atom is -0.287 e. The van der Waals surface area contributed by atoms with Crippen molar-refractivity contribution in [3.8, 4) is 6.07 Å². The van der Waals surface area contributed by atoms with Gasteiger partial charge in [0.1, 0.15) is 4.83 Å². The highest BCUT2D eigenvalue weighted by molar-refractivity contribution is 7.99. The number of aryl methyl sites for hydroxylation is 1. The number of rotatable bonds is 5. The number of hydrogen-bond acceptors (Lipinski definition) is 5. The molecule has 0 unspecified atom stereocenters. The van der Waals surface area contributed by atoms with Gasteiger partial charge in [0.25, 0.3) is 5.56 Å². The van der Waals surface area contributed by atoms with Crippen molar-refractivity contribution in [1.29, 1.82) is 5.26 Å². The summed E-state index contributed by atoms with van der Waals surface area (Å²) in [6, 6.07) is 2.16. The summed E-state index contributed by atoms with van der Waals surface area (Å²) in [6.45, 7) is 4.92. The van der Waals surface area contributed by atoms with Crippen LogP contribution in [0.4, 0.5) is 0 Å². The highest BCUT2D eigenvalue weighted by atomic mass is 32.2. The van der Waals surface area contributed by atoms with Crippen LogP contribution in [0.3, 0.4) is 0 Å². The summed E-state index contributed by atoms with van der Waals surface area (Å²) in [5, 5.41) is 10.3. The van der Waals surface area contributed by atoms with Crippen LogP contribution in [0.15, 0.2) is 9.95 Å². The molecule has 3 rings (SSSR count). The zero-order valence-electron chi connectivity index (χ0n) is 13.6. The molecule has 0 saturated heterocycles. The first kappa shape index (κ1) is 16.5. The second-order valence-electron chi connectivity index (χ2n) is 6.09. The van der Waals surface area contributed by atoms with E-state index in [4.69, 9.17) is 10.2 Å². The topological polar surface area (TPSA) is 58.7 Å². The second kappa shape index (κ2) is 7.06. The normalized spacial score (nSPS) is 17.2. The monoisotopic (exact) mass is 347 g/mol. The second-order valence-corrected chi connectivity index (χ2v) is 8.23. The molecule has 2 heterocycles. The van der Waals surface area contributed by atoms with Crippen molar-refractivity contribution in [2.24, 2.45) is 5.92 Å². The third kappa shape index (κ3) is 3.17. The van der Waals surface area contributed by atoms with Crippen LogP contribution in [0.5, 0.6) is 0 Å². The molecule has 6 heteroatoms. The van der Waals surface area contributed by atoms with Crippen LogP contribution in [0.1, 0.15) is 43.6 Å². The van der Waals surface area contributed by atoms with E-state index in [0.29, 0.717) is 18.9 Å². The molecule has 1 aliphatic carbocycles. The van der Waals surface area contributed by atoms with E-state index in [1.54, 1.807) is 27.7 Å². The van der Waals surface area contributed by atoms with Crippen LogP contribution in [-0.4, -0.2) is 15.3 Å². The van der Waals surface area contributed by atoms with E-state index in [1.165, 1.54) is 10.4 Å². The number of thioether (sulfide) groups is 1. The minimum atomic E-state index is 0.118. The molecule has 0 saturated carbocycles.